The van der Waals surface area contributed by atoms with Crippen molar-refractivity contribution in [3.63, 3.8) is 0 Å². The molecule has 1 fully saturated rings. The van der Waals surface area contributed by atoms with Crippen LogP contribution in [0.3, 0.4) is 0 Å². The maximum atomic E-state index is 12.2. The zero-order valence-electron chi connectivity index (χ0n) is 14.4. The molecule has 1 aromatic carbocycles. The average molecular weight is 314 g/mol. The third kappa shape index (κ3) is 4.57. The molecule has 1 heterocycles. The van der Waals surface area contributed by atoms with Crippen LogP contribution in [0.2, 0.25) is 0 Å². The first-order valence-electron chi connectivity index (χ1n) is 9.30. The Bertz CT molecular complexity index is 522. The Morgan fingerprint density at radius 3 is 2.74 bits per heavy atom. The molecular formula is C20H30N2O. The molecule has 2 aliphatic rings. The molecule has 0 aromatic heterocycles. The second-order valence-electron chi connectivity index (χ2n) is 7.35. The van der Waals surface area contributed by atoms with Crippen molar-refractivity contribution in [3.8, 4) is 0 Å². The normalized spacial score (nSPS) is 20.7. The third-order valence-electron chi connectivity index (χ3n) is 5.58. The molecule has 3 heteroatoms. The van der Waals surface area contributed by atoms with Gasteiger partial charge in [-0.2, -0.15) is 0 Å². The van der Waals surface area contributed by atoms with Gasteiger partial charge in [0.2, 0.25) is 5.91 Å². The molecule has 1 aliphatic carbocycles. The van der Waals surface area contributed by atoms with Crippen molar-refractivity contribution in [1.82, 2.24) is 10.2 Å². The predicted octanol–water partition coefficient (Wildman–Crippen LogP) is 3.52. The lowest BCUT2D eigenvalue weighted by atomic mass is 9.87. The largest absolute Gasteiger partial charge is 0.355 e. The van der Waals surface area contributed by atoms with Gasteiger partial charge in [0.25, 0.3) is 0 Å². The number of hydrogen-bond donors (Lipinski definition) is 1. The number of nitrogens with one attached hydrogen (secondary N) is 1. The molecule has 126 valence electrons. The van der Waals surface area contributed by atoms with Gasteiger partial charge >= 0.3 is 0 Å². The molecule has 0 bridgehead atoms. The van der Waals surface area contributed by atoms with Gasteiger partial charge in [0.15, 0.2) is 0 Å². The van der Waals surface area contributed by atoms with Crippen molar-refractivity contribution < 1.29 is 4.79 Å². The summed E-state index contributed by atoms with van der Waals surface area (Å²) in [7, 11) is 0. The van der Waals surface area contributed by atoms with Crippen LogP contribution in [-0.4, -0.2) is 29.9 Å². The van der Waals surface area contributed by atoms with E-state index in [2.05, 4.69) is 41.4 Å². The smallest absolute Gasteiger partial charge is 0.220 e. The second kappa shape index (κ2) is 7.96. The van der Waals surface area contributed by atoms with Gasteiger partial charge in [-0.15, -0.1) is 0 Å². The molecule has 1 aliphatic heterocycles. The number of amides is 1. The highest BCUT2D eigenvalue weighted by molar-refractivity contribution is 5.76. The highest BCUT2D eigenvalue weighted by atomic mass is 16.1. The Balaban J connectivity index is 1.42. The van der Waals surface area contributed by atoms with Crippen LogP contribution in [0, 0.1) is 5.92 Å². The predicted molar refractivity (Wildman–Crippen MR) is 94.2 cm³/mol. The summed E-state index contributed by atoms with van der Waals surface area (Å²) in [5.74, 6) is 0.877. The third-order valence-corrected chi connectivity index (χ3v) is 5.58. The van der Waals surface area contributed by atoms with Gasteiger partial charge < -0.3 is 5.32 Å². The van der Waals surface area contributed by atoms with Crippen LogP contribution in [0.1, 0.15) is 56.6 Å². The number of benzene rings is 1. The van der Waals surface area contributed by atoms with E-state index in [4.69, 9.17) is 0 Å². The summed E-state index contributed by atoms with van der Waals surface area (Å²) in [6.07, 6.45) is 8.30. The second-order valence-corrected chi connectivity index (χ2v) is 7.35. The van der Waals surface area contributed by atoms with Gasteiger partial charge in [-0.3, -0.25) is 9.69 Å². The van der Waals surface area contributed by atoms with E-state index in [-0.39, 0.29) is 5.91 Å². The van der Waals surface area contributed by atoms with E-state index in [9.17, 15) is 4.79 Å². The Morgan fingerprint density at radius 2 is 1.96 bits per heavy atom. The van der Waals surface area contributed by atoms with Crippen molar-refractivity contribution in [2.45, 2.75) is 64.5 Å². The molecular weight excluding hydrogens is 284 g/mol. The van der Waals surface area contributed by atoms with Crippen molar-refractivity contribution in [3.05, 3.63) is 35.4 Å². The molecule has 1 atom stereocenters. The van der Waals surface area contributed by atoms with Crippen LogP contribution in [0.25, 0.3) is 0 Å². The zero-order chi connectivity index (χ0) is 16.1. The van der Waals surface area contributed by atoms with E-state index in [1.165, 1.54) is 43.2 Å². The molecule has 0 spiro atoms. The minimum Gasteiger partial charge on any atom is -0.355 e. The van der Waals surface area contributed by atoms with Gasteiger partial charge in [-0.25, -0.2) is 0 Å². The van der Waals surface area contributed by atoms with Gasteiger partial charge in [-0.1, -0.05) is 43.5 Å². The van der Waals surface area contributed by atoms with Crippen molar-refractivity contribution in [2.24, 2.45) is 5.92 Å². The van der Waals surface area contributed by atoms with Gasteiger partial charge in [0.1, 0.15) is 0 Å². The highest BCUT2D eigenvalue weighted by Gasteiger charge is 2.21. The minimum atomic E-state index is 0.251. The van der Waals surface area contributed by atoms with E-state index in [0.29, 0.717) is 12.0 Å². The van der Waals surface area contributed by atoms with Crippen LogP contribution in [-0.2, 0) is 17.8 Å². The fourth-order valence-corrected chi connectivity index (χ4v) is 4.01. The van der Waals surface area contributed by atoms with Crippen LogP contribution < -0.4 is 5.32 Å². The first-order valence-corrected chi connectivity index (χ1v) is 9.30. The van der Waals surface area contributed by atoms with Crippen LogP contribution in [0.4, 0.5) is 0 Å². The van der Waals surface area contributed by atoms with E-state index >= 15 is 0 Å². The van der Waals surface area contributed by atoms with Gasteiger partial charge in [-0.05, 0) is 43.2 Å². The first kappa shape index (κ1) is 16.5. The average Bonchev–Trinajstić information content (AvgIpc) is 2.60. The van der Waals surface area contributed by atoms with Crippen molar-refractivity contribution in [2.75, 3.05) is 13.1 Å². The van der Waals surface area contributed by atoms with Gasteiger partial charge in [0, 0.05) is 32.1 Å². The molecule has 1 unspecified atom stereocenters. The Labute approximate surface area is 140 Å². The van der Waals surface area contributed by atoms with Crippen molar-refractivity contribution >= 4 is 5.91 Å². The molecule has 0 saturated heterocycles. The first-order chi connectivity index (χ1) is 11.2. The molecule has 0 radical (unpaired) electrons. The summed E-state index contributed by atoms with van der Waals surface area (Å²) < 4.78 is 0. The standard InChI is InChI=1S/C20H30N2O/c1-16(14-21-20(23)13-17-7-3-2-4-8-17)22-12-11-18-9-5-6-10-19(18)15-22/h5-6,9-10,16-17H,2-4,7-8,11-15H2,1H3,(H,21,23). The number of carbonyl (C=O) groups is 1. The molecule has 1 saturated carbocycles. The Hall–Kier alpha value is -1.35. The Morgan fingerprint density at radius 1 is 1.22 bits per heavy atom. The fourth-order valence-electron chi connectivity index (χ4n) is 4.01. The fraction of sp³-hybridized carbons (Fsp3) is 0.650. The summed E-state index contributed by atoms with van der Waals surface area (Å²) in [6, 6.07) is 9.13. The van der Waals surface area contributed by atoms with Crippen LogP contribution in [0.15, 0.2) is 24.3 Å². The lowest BCUT2D eigenvalue weighted by Gasteiger charge is -2.34. The Kier molecular flexibility index (Phi) is 5.71. The number of hydrogen-bond acceptors (Lipinski definition) is 2. The molecule has 3 nitrogen and oxygen atoms in total. The van der Waals surface area contributed by atoms with Gasteiger partial charge in [0.05, 0.1) is 0 Å². The van der Waals surface area contributed by atoms with Crippen LogP contribution >= 0.6 is 0 Å². The number of fused-ring (bicyclic) bond motifs is 1. The van der Waals surface area contributed by atoms with Crippen LogP contribution in [0.5, 0.6) is 0 Å². The summed E-state index contributed by atoms with van der Waals surface area (Å²) in [5.41, 5.74) is 2.93. The van der Waals surface area contributed by atoms with E-state index in [1.54, 1.807) is 0 Å². The maximum absolute atomic E-state index is 12.2. The molecule has 1 N–H and O–H groups in total. The quantitative estimate of drug-likeness (QED) is 0.902. The van der Waals surface area contributed by atoms with E-state index in [0.717, 1.165) is 32.5 Å². The number of rotatable bonds is 5. The molecule has 3 rings (SSSR count). The van der Waals surface area contributed by atoms with E-state index in [1.807, 2.05) is 0 Å². The number of carbonyl (C=O) groups excluding carboxylic acids is 1. The molecule has 1 aromatic rings. The monoisotopic (exact) mass is 314 g/mol. The highest BCUT2D eigenvalue weighted by Crippen LogP contribution is 2.26. The summed E-state index contributed by atoms with van der Waals surface area (Å²) in [4.78, 5) is 14.7. The summed E-state index contributed by atoms with van der Waals surface area (Å²) in [5, 5.41) is 3.17. The SMILES string of the molecule is CC(CNC(=O)CC1CCCCC1)N1CCc2ccccc2C1. The molecule has 1 amide bonds. The summed E-state index contributed by atoms with van der Waals surface area (Å²) >= 11 is 0. The molecule has 23 heavy (non-hydrogen) atoms. The maximum Gasteiger partial charge on any atom is 0.220 e. The zero-order valence-corrected chi connectivity index (χ0v) is 14.4. The topological polar surface area (TPSA) is 32.3 Å². The lowest BCUT2D eigenvalue weighted by Crippen LogP contribution is -2.44. The van der Waals surface area contributed by atoms with E-state index < -0.39 is 0 Å². The summed E-state index contributed by atoms with van der Waals surface area (Å²) in [6.45, 7) is 5.11. The number of nitrogens with zero attached hydrogens (tertiary/aromatic N) is 1. The van der Waals surface area contributed by atoms with Crippen molar-refractivity contribution in [1.29, 1.82) is 0 Å². The minimum absolute atomic E-state index is 0.251. The lowest BCUT2D eigenvalue weighted by molar-refractivity contribution is -0.122.